The molecule has 2 aromatic rings. The molecule has 3 amide bonds. The van der Waals surface area contributed by atoms with E-state index >= 15 is 0 Å². The van der Waals surface area contributed by atoms with Gasteiger partial charge in [-0.25, -0.2) is 9.97 Å². The Morgan fingerprint density at radius 1 is 1.17 bits per heavy atom. The number of rotatable bonds is 3. The number of benzene rings is 1. The van der Waals surface area contributed by atoms with Gasteiger partial charge in [-0.1, -0.05) is 29.8 Å². The predicted octanol–water partition coefficient (Wildman–Crippen LogP) is 0.871. The monoisotopic (exact) mass is 393 g/mol. The van der Waals surface area contributed by atoms with Crippen LogP contribution in [0.4, 0.5) is 0 Å². The van der Waals surface area contributed by atoms with E-state index in [0.29, 0.717) is 38.3 Å². The van der Waals surface area contributed by atoms with Crippen molar-refractivity contribution in [3.05, 3.63) is 59.7 Å². The normalized spacial score (nSPS) is 19.8. The fourth-order valence-corrected chi connectivity index (χ4v) is 3.98. The molecule has 8 heteroatoms. The number of piperazine rings is 1. The molecule has 1 aromatic carbocycles. The minimum absolute atomic E-state index is 0.0533. The summed E-state index contributed by atoms with van der Waals surface area (Å²) in [6.45, 7) is 3.63. The van der Waals surface area contributed by atoms with Crippen molar-refractivity contribution in [2.24, 2.45) is 0 Å². The summed E-state index contributed by atoms with van der Waals surface area (Å²) in [6.07, 6.45) is 3.29. The fourth-order valence-electron chi connectivity index (χ4n) is 3.98. The second-order valence-corrected chi connectivity index (χ2v) is 7.46. The van der Waals surface area contributed by atoms with Gasteiger partial charge < -0.3 is 14.7 Å². The standard InChI is InChI=1S/C21H23N5O3/c1-15-3-2-4-16(11-15)12-25-13-19(27)26-10-9-24(8-6-18(26)21(25)29)20(28)17-5-7-22-14-23-17/h2-5,7,11,14,18H,6,8-10,12-13H2,1H3. The third kappa shape index (κ3) is 3.96. The minimum Gasteiger partial charge on any atom is -0.335 e. The molecule has 2 fully saturated rings. The van der Waals surface area contributed by atoms with E-state index in [2.05, 4.69) is 9.97 Å². The summed E-state index contributed by atoms with van der Waals surface area (Å²) < 4.78 is 0. The lowest BCUT2D eigenvalue weighted by Crippen LogP contribution is -2.59. The SMILES string of the molecule is Cc1cccc(CN2CC(=O)N3CCN(C(=O)c4ccncn4)CCC3C2=O)c1. The zero-order chi connectivity index (χ0) is 20.4. The molecule has 0 bridgehead atoms. The van der Waals surface area contributed by atoms with E-state index in [4.69, 9.17) is 0 Å². The summed E-state index contributed by atoms with van der Waals surface area (Å²) in [4.78, 5) is 51.3. The number of carbonyl (C=O) groups excluding carboxylic acids is 3. The van der Waals surface area contributed by atoms with Crippen molar-refractivity contribution in [2.75, 3.05) is 26.2 Å². The number of aromatic nitrogens is 2. The van der Waals surface area contributed by atoms with Crippen LogP contribution in [-0.2, 0) is 16.1 Å². The first-order chi connectivity index (χ1) is 14.0. The molecular weight excluding hydrogens is 370 g/mol. The van der Waals surface area contributed by atoms with E-state index in [-0.39, 0.29) is 24.3 Å². The van der Waals surface area contributed by atoms with Crippen molar-refractivity contribution in [2.45, 2.75) is 25.9 Å². The summed E-state index contributed by atoms with van der Waals surface area (Å²) >= 11 is 0. The Morgan fingerprint density at radius 3 is 2.79 bits per heavy atom. The molecule has 3 heterocycles. The first-order valence-corrected chi connectivity index (χ1v) is 9.72. The summed E-state index contributed by atoms with van der Waals surface area (Å²) in [7, 11) is 0. The van der Waals surface area contributed by atoms with E-state index in [1.54, 1.807) is 20.8 Å². The third-order valence-electron chi connectivity index (χ3n) is 5.45. The first-order valence-electron chi connectivity index (χ1n) is 9.72. The van der Waals surface area contributed by atoms with Crippen LogP contribution in [-0.4, -0.2) is 74.6 Å². The molecule has 0 N–H and O–H groups in total. The van der Waals surface area contributed by atoms with Gasteiger partial charge >= 0.3 is 0 Å². The van der Waals surface area contributed by atoms with Gasteiger partial charge in [0.25, 0.3) is 5.91 Å². The van der Waals surface area contributed by atoms with Gasteiger partial charge in [0.2, 0.25) is 11.8 Å². The summed E-state index contributed by atoms with van der Waals surface area (Å²) in [5.74, 6) is -0.329. The molecule has 2 saturated heterocycles. The molecule has 0 radical (unpaired) electrons. The number of hydrogen-bond donors (Lipinski definition) is 0. The molecule has 0 saturated carbocycles. The molecule has 2 aliphatic heterocycles. The molecule has 2 aliphatic rings. The minimum atomic E-state index is -0.524. The number of hydrogen-bond acceptors (Lipinski definition) is 5. The van der Waals surface area contributed by atoms with Crippen molar-refractivity contribution >= 4 is 17.7 Å². The van der Waals surface area contributed by atoms with Gasteiger partial charge in [-0.15, -0.1) is 0 Å². The topological polar surface area (TPSA) is 86.7 Å². The molecule has 0 aliphatic carbocycles. The van der Waals surface area contributed by atoms with Crippen molar-refractivity contribution < 1.29 is 14.4 Å². The van der Waals surface area contributed by atoms with Crippen molar-refractivity contribution in [1.82, 2.24) is 24.7 Å². The van der Waals surface area contributed by atoms with E-state index in [1.165, 1.54) is 12.5 Å². The van der Waals surface area contributed by atoms with Crippen molar-refractivity contribution in [3.8, 4) is 0 Å². The van der Waals surface area contributed by atoms with Crippen LogP contribution in [0.5, 0.6) is 0 Å². The summed E-state index contributed by atoms with van der Waals surface area (Å²) in [5.41, 5.74) is 2.45. The van der Waals surface area contributed by atoms with Crippen LogP contribution in [0, 0.1) is 6.92 Å². The second kappa shape index (κ2) is 7.98. The summed E-state index contributed by atoms with van der Waals surface area (Å²) in [6, 6.07) is 8.99. The maximum absolute atomic E-state index is 13.1. The highest BCUT2D eigenvalue weighted by Crippen LogP contribution is 2.21. The lowest BCUT2D eigenvalue weighted by Gasteiger charge is -2.39. The molecular formula is C21H23N5O3. The predicted molar refractivity (Wildman–Crippen MR) is 105 cm³/mol. The average molecular weight is 393 g/mol. The van der Waals surface area contributed by atoms with Crippen LogP contribution in [0.15, 0.2) is 42.9 Å². The molecule has 1 aromatic heterocycles. The smallest absolute Gasteiger partial charge is 0.272 e. The van der Waals surface area contributed by atoms with Gasteiger partial charge in [-0.05, 0) is 25.0 Å². The third-order valence-corrected chi connectivity index (χ3v) is 5.45. The Labute approximate surface area is 169 Å². The zero-order valence-electron chi connectivity index (χ0n) is 16.3. The van der Waals surface area contributed by atoms with E-state index < -0.39 is 6.04 Å². The van der Waals surface area contributed by atoms with Gasteiger partial charge in [0.05, 0.1) is 0 Å². The molecule has 4 rings (SSSR count). The van der Waals surface area contributed by atoms with E-state index in [9.17, 15) is 14.4 Å². The van der Waals surface area contributed by atoms with Gasteiger partial charge in [-0.3, -0.25) is 14.4 Å². The number of fused-ring (bicyclic) bond motifs is 1. The highest BCUT2D eigenvalue weighted by atomic mass is 16.2. The van der Waals surface area contributed by atoms with Crippen molar-refractivity contribution in [3.63, 3.8) is 0 Å². The average Bonchev–Trinajstić information content (AvgIpc) is 2.96. The number of amides is 3. The van der Waals surface area contributed by atoms with Crippen molar-refractivity contribution in [1.29, 1.82) is 0 Å². The number of aryl methyl sites for hydroxylation is 1. The van der Waals surface area contributed by atoms with Gasteiger partial charge in [0.1, 0.15) is 24.6 Å². The van der Waals surface area contributed by atoms with Gasteiger partial charge in [0.15, 0.2) is 0 Å². The van der Waals surface area contributed by atoms with Gasteiger partial charge in [0, 0.05) is 32.4 Å². The zero-order valence-corrected chi connectivity index (χ0v) is 16.3. The maximum atomic E-state index is 13.1. The molecule has 1 atom stereocenters. The number of carbonyl (C=O) groups is 3. The lowest BCUT2D eigenvalue weighted by molar-refractivity contribution is -0.156. The highest BCUT2D eigenvalue weighted by Gasteiger charge is 2.41. The van der Waals surface area contributed by atoms with E-state index in [1.807, 2.05) is 31.2 Å². The van der Waals surface area contributed by atoms with Crippen LogP contribution in [0.3, 0.4) is 0 Å². The molecule has 150 valence electrons. The maximum Gasteiger partial charge on any atom is 0.272 e. The fraction of sp³-hybridized carbons (Fsp3) is 0.381. The first kappa shape index (κ1) is 19.0. The lowest BCUT2D eigenvalue weighted by atomic mass is 10.1. The Bertz CT molecular complexity index is 933. The van der Waals surface area contributed by atoms with Crippen LogP contribution in [0.25, 0.3) is 0 Å². The largest absolute Gasteiger partial charge is 0.335 e. The van der Waals surface area contributed by atoms with E-state index in [0.717, 1.165) is 11.1 Å². The van der Waals surface area contributed by atoms with Crippen LogP contribution < -0.4 is 0 Å². The quantitative estimate of drug-likeness (QED) is 0.772. The summed E-state index contributed by atoms with van der Waals surface area (Å²) in [5, 5.41) is 0. The molecule has 0 spiro atoms. The highest BCUT2D eigenvalue weighted by molar-refractivity contribution is 5.95. The number of nitrogens with zero attached hydrogens (tertiary/aromatic N) is 5. The van der Waals surface area contributed by atoms with Crippen LogP contribution in [0.2, 0.25) is 0 Å². The Balaban J connectivity index is 1.48. The Hall–Kier alpha value is -3.29. The Morgan fingerprint density at radius 2 is 2.03 bits per heavy atom. The molecule has 29 heavy (non-hydrogen) atoms. The van der Waals surface area contributed by atoms with Gasteiger partial charge in [-0.2, -0.15) is 0 Å². The van der Waals surface area contributed by atoms with Crippen LogP contribution in [0.1, 0.15) is 28.0 Å². The molecule has 8 nitrogen and oxygen atoms in total. The second-order valence-electron chi connectivity index (χ2n) is 7.46. The molecule has 1 unspecified atom stereocenters. The Kier molecular flexibility index (Phi) is 5.24. The van der Waals surface area contributed by atoms with Crippen LogP contribution >= 0.6 is 0 Å².